The maximum Gasteiger partial charge on any atom is 0.339 e. The number of thiol groups is 1. The molecular formula is C35H50O4S. The lowest BCUT2D eigenvalue weighted by molar-refractivity contribution is 0.00399. The van der Waals surface area contributed by atoms with Gasteiger partial charge in [0.25, 0.3) is 0 Å². The van der Waals surface area contributed by atoms with Crippen molar-refractivity contribution < 1.29 is 19.4 Å². The molecule has 1 N–H and O–H groups in total. The Bertz CT molecular complexity index is 1170. The highest BCUT2D eigenvalue weighted by Gasteiger charge is 2.18. The van der Waals surface area contributed by atoms with Gasteiger partial charge in [-0.2, -0.15) is 12.6 Å². The lowest BCUT2D eigenvalue weighted by Crippen LogP contribution is -2.24. The van der Waals surface area contributed by atoms with Crippen LogP contribution in [0.1, 0.15) is 72.2 Å². The van der Waals surface area contributed by atoms with E-state index < -0.39 is 12.1 Å². The minimum absolute atomic E-state index is 0.0239. The van der Waals surface area contributed by atoms with Crippen molar-refractivity contribution in [2.45, 2.75) is 67.9 Å². The van der Waals surface area contributed by atoms with Crippen molar-refractivity contribution >= 4 is 40.1 Å². The SMILES string of the molecule is C/C=C\C.C=CC(OCC(O)COC(=O)c1c2ccccc2cc2ccccc12)=C(C)C.CCC(C)(C)C.CS. The maximum atomic E-state index is 12.9. The molecule has 0 radical (unpaired) electrons. The number of allylic oxidation sites excluding steroid dienone is 4. The van der Waals surface area contributed by atoms with Gasteiger partial charge in [0, 0.05) is 0 Å². The summed E-state index contributed by atoms with van der Waals surface area (Å²) in [5.41, 5.74) is 2.01. The zero-order valence-corrected chi connectivity index (χ0v) is 26.8. The van der Waals surface area contributed by atoms with Gasteiger partial charge in [-0.3, -0.25) is 0 Å². The van der Waals surface area contributed by atoms with Gasteiger partial charge in [-0.25, -0.2) is 4.79 Å². The van der Waals surface area contributed by atoms with Crippen LogP contribution in [-0.4, -0.2) is 36.6 Å². The molecule has 3 rings (SSSR count). The Morgan fingerprint density at radius 3 is 1.73 bits per heavy atom. The van der Waals surface area contributed by atoms with Crippen LogP contribution in [0.15, 0.2) is 90.7 Å². The Morgan fingerprint density at radius 2 is 1.35 bits per heavy atom. The highest BCUT2D eigenvalue weighted by molar-refractivity contribution is 7.79. The van der Waals surface area contributed by atoms with Gasteiger partial charge in [0.1, 0.15) is 25.1 Å². The van der Waals surface area contributed by atoms with Gasteiger partial charge in [0.05, 0.1) is 5.56 Å². The third-order valence-corrected chi connectivity index (χ3v) is 5.89. The van der Waals surface area contributed by atoms with Gasteiger partial charge in [0.2, 0.25) is 0 Å². The van der Waals surface area contributed by atoms with Crippen molar-refractivity contribution in [3.05, 3.63) is 96.3 Å². The van der Waals surface area contributed by atoms with Gasteiger partial charge in [-0.05, 0) is 78.6 Å². The largest absolute Gasteiger partial charge is 0.491 e. The molecule has 0 aliphatic rings. The van der Waals surface area contributed by atoms with Crippen LogP contribution in [0.3, 0.4) is 0 Å². The first-order valence-electron chi connectivity index (χ1n) is 13.7. The lowest BCUT2D eigenvalue weighted by atomic mass is 9.94. The van der Waals surface area contributed by atoms with E-state index in [0.29, 0.717) is 16.7 Å². The highest BCUT2D eigenvalue weighted by atomic mass is 32.1. The standard InChI is InChI=1S/C24H24O4.C6H14.C4H8.CH4S/c1-4-22(16(2)3)27-14-19(25)15-28-24(26)23-20-11-7-5-9-17(20)13-18-10-6-8-12-21(18)23;1-5-6(2,3)4;1-3-4-2;1-2/h4-13,19,25H,1,14-15H2,2-3H3;5H2,1-4H3;3-4H,1-2H3;2H,1H3/b;;4-3-;. The maximum absolute atomic E-state index is 12.9. The molecule has 0 aromatic heterocycles. The van der Waals surface area contributed by atoms with Crippen LogP contribution >= 0.6 is 12.6 Å². The summed E-state index contributed by atoms with van der Waals surface area (Å²) in [5.74, 6) is 0.156. The van der Waals surface area contributed by atoms with E-state index in [2.05, 4.69) is 53.0 Å². The quantitative estimate of drug-likeness (QED) is 0.0746. The van der Waals surface area contributed by atoms with Crippen molar-refractivity contribution in [3.63, 3.8) is 0 Å². The minimum Gasteiger partial charge on any atom is -0.491 e. The second kappa shape index (κ2) is 19.9. The number of benzene rings is 3. The molecule has 3 aromatic carbocycles. The summed E-state index contributed by atoms with van der Waals surface area (Å²) in [5, 5.41) is 13.7. The summed E-state index contributed by atoms with van der Waals surface area (Å²) < 4.78 is 10.9. The van der Waals surface area contributed by atoms with Crippen molar-refractivity contribution in [3.8, 4) is 0 Å². The van der Waals surface area contributed by atoms with E-state index in [-0.39, 0.29) is 13.2 Å². The van der Waals surface area contributed by atoms with E-state index in [4.69, 9.17) is 9.47 Å². The lowest BCUT2D eigenvalue weighted by Gasteiger charge is -2.15. The molecule has 220 valence electrons. The topological polar surface area (TPSA) is 55.8 Å². The van der Waals surface area contributed by atoms with Gasteiger partial charge in [-0.15, -0.1) is 0 Å². The van der Waals surface area contributed by atoms with E-state index >= 15 is 0 Å². The average molecular weight is 567 g/mol. The van der Waals surface area contributed by atoms with E-state index in [9.17, 15) is 9.90 Å². The van der Waals surface area contributed by atoms with Crippen molar-refractivity contribution in [1.82, 2.24) is 0 Å². The molecule has 0 amide bonds. The molecule has 1 unspecified atom stereocenters. The number of fused-ring (bicyclic) bond motifs is 2. The molecule has 3 aromatic rings. The molecule has 0 aliphatic heterocycles. The van der Waals surface area contributed by atoms with Crippen molar-refractivity contribution in [2.24, 2.45) is 5.41 Å². The zero-order chi connectivity index (χ0) is 30.7. The fourth-order valence-electron chi connectivity index (χ4n) is 3.12. The van der Waals surface area contributed by atoms with Crippen LogP contribution in [0.4, 0.5) is 0 Å². The van der Waals surface area contributed by atoms with E-state index in [1.54, 1.807) is 12.3 Å². The first-order valence-corrected chi connectivity index (χ1v) is 14.6. The van der Waals surface area contributed by atoms with E-state index in [1.165, 1.54) is 6.42 Å². The summed E-state index contributed by atoms with van der Waals surface area (Å²) in [6, 6.07) is 17.5. The molecule has 0 aliphatic carbocycles. The van der Waals surface area contributed by atoms with Crippen LogP contribution in [-0.2, 0) is 9.47 Å². The van der Waals surface area contributed by atoms with Crippen LogP contribution in [0.2, 0.25) is 0 Å². The molecule has 0 heterocycles. The number of hydrogen-bond donors (Lipinski definition) is 2. The Hall–Kier alpha value is -3.02. The van der Waals surface area contributed by atoms with E-state index in [0.717, 1.165) is 27.1 Å². The number of hydrogen-bond acceptors (Lipinski definition) is 5. The number of carbonyl (C=O) groups is 1. The second-order valence-corrected chi connectivity index (χ2v) is 10.4. The molecule has 40 heavy (non-hydrogen) atoms. The molecule has 0 saturated carbocycles. The summed E-state index contributed by atoms with van der Waals surface area (Å²) in [6.07, 6.45) is 7.63. The number of rotatable bonds is 7. The van der Waals surface area contributed by atoms with Crippen LogP contribution in [0, 0.1) is 5.41 Å². The molecule has 0 bridgehead atoms. The normalized spacial score (nSPS) is 11.2. The Morgan fingerprint density at radius 1 is 0.925 bits per heavy atom. The average Bonchev–Trinajstić information content (AvgIpc) is 2.95. The fraction of sp³-hybridized carbons (Fsp3) is 0.400. The fourth-order valence-corrected chi connectivity index (χ4v) is 3.12. The predicted molar refractivity (Wildman–Crippen MR) is 177 cm³/mol. The smallest absolute Gasteiger partial charge is 0.339 e. The Kier molecular flexibility index (Phi) is 18.4. The van der Waals surface area contributed by atoms with Crippen LogP contribution < -0.4 is 0 Å². The number of esters is 1. The van der Waals surface area contributed by atoms with E-state index in [1.807, 2.05) is 88.4 Å². The third kappa shape index (κ3) is 13.4. The summed E-state index contributed by atoms with van der Waals surface area (Å²) in [6.45, 7) is 20.3. The van der Waals surface area contributed by atoms with Gasteiger partial charge in [0.15, 0.2) is 0 Å². The molecule has 4 nitrogen and oxygen atoms in total. The molecule has 1 atom stereocenters. The molecule has 0 spiro atoms. The number of aliphatic hydroxyl groups is 1. The number of ether oxygens (including phenoxy) is 2. The Labute approximate surface area is 248 Å². The summed E-state index contributed by atoms with van der Waals surface area (Å²) in [7, 11) is 0. The van der Waals surface area contributed by atoms with Gasteiger partial charge < -0.3 is 14.6 Å². The predicted octanol–water partition coefficient (Wildman–Crippen LogP) is 9.58. The molecule has 0 fully saturated rings. The zero-order valence-electron chi connectivity index (χ0n) is 26.0. The van der Waals surface area contributed by atoms with Crippen molar-refractivity contribution in [1.29, 1.82) is 0 Å². The molecular weight excluding hydrogens is 516 g/mol. The molecule has 0 saturated heterocycles. The van der Waals surface area contributed by atoms with Crippen LogP contribution in [0.25, 0.3) is 21.5 Å². The number of carbonyl (C=O) groups excluding carboxylic acids is 1. The van der Waals surface area contributed by atoms with Gasteiger partial charge >= 0.3 is 5.97 Å². The second-order valence-electron chi connectivity index (χ2n) is 10.4. The third-order valence-electron chi connectivity index (χ3n) is 5.89. The summed E-state index contributed by atoms with van der Waals surface area (Å²) in [4.78, 5) is 12.9. The summed E-state index contributed by atoms with van der Waals surface area (Å²) >= 11 is 3.53. The van der Waals surface area contributed by atoms with Crippen LogP contribution in [0.5, 0.6) is 0 Å². The highest BCUT2D eigenvalue weighted by Crippen LogP contribution is 2.29. The first kappa shape index (κ1) is 37.0. The molecule has 5 heteroatoms. The van der Waals surface area contributed by atoms with Gasteiger partial charge in [-0.1, -0.05) is 101 Å². The Balaban J connectivity index is 0.00000108. The monoisotopic (exact) mass is 566 g/mol. The van der Waals surface area contributed by atoms with Crippen molar-refractivity contribution in [2.75, 3.05) is 19.5 Å². The number of aliphatic hydroxyl groups excluding tert-OH is 1. The minimum atomic E-state index is -0.931. The first-order chi connectivity index (χ1) is 19.0.